The van der Waals surface area contributed by atoms with Crippen LogP contribution in [0.4, 0.5) is 0 Å². The topological polar surface area (TPSA) is 86.7 Å². The van der Waals surface area contributed by atoms with Crippen LogP contribution in [-0.4, -0.2) is 50.1 Å². The molecule has 7 heteroatoms. The molecule has 0 fully saturated rings. The van der Waals surface area contributed by atoms with Crippen molar-refractivity contribution < 1.29 is 18.3 Å². The highest BCUT2D eigenvalue weighted by molar-refractivity contribution is 7.88. The van der Waals surface area contributed by atoms with Crippen LogP contribution in [0.15, 0.2) is 48.5 Å². The third-order valence-electron chi connectivity index (χ3n) is 4.15. The SMILES string of the molecule is C[C@H](O)c1ccc(-c2ccc(C(=O)NCCN(C)S(C)(=O)=O)cc2)cc1. The van der Waals surface area contributed by atoms with Crippen LogP contribution in [-0.2, 0) is 10.0 Å². The fourth-order valence-corrected chi connectivity index (χ4v) is 2.79. The fourth-order valence-electron chi connectivity index (χ4n) is 2.36. The molecule has 0 aliphatic heterocycles. The number of hydrogen-bond acceptors (Lipinski definition) is 4. The van der Waals surface area contributed by atoms with Gasteiger partial charge in [0, 0.05) is 25.7 Å². The number of hydrogen-bond donors (Lipinski definition) is 2. The summed E-state index contributed by atoms with van der Waals surface area (Å²) in [5.74, 6) is -0.247. The quantitative estimate of drug-likeness (QED) is 0.774. The maximum Gasteiger partial charge on any atom is 0.251 e. The van der Waals surface area contributed by atoms with Gasteiger partial charge in [0.25, 0.3) is 5.91 Å². The molecule has 6 nitrogen and oxygen atoms in total. The van der Waals surface area contributed by atoms with Gasteiger partial charge in [-0.05, 0) is 35.7 Å². The van der Waals surface area contributed by atoms with E-state index in [-0.39, 0.29) is 19.0 Å². The predicted octanol–water partition coefficient (Wildman–Crippen LogP) is 2.03. The average Bonchev–Trinajstić information content (AvgIpc) is 2.61. The molecule has 0 aliphatic rings. The Morgan fingerprint density at radius 3 is 2.04 bits per heavy atom. The summed E-state index contributed by atoms with van der Waals surface area (Å²) in [5.41, 5.74) is 3.33. The molecule has 2 rings (SSSR count). The van der Waals surface area contributed by atoms with Crippen molar-refractivity contribution in [3.05, 3.63) is 59.7 Å². The molecule has 0 aliphatic carbocycles. The second-order valence-electron chi connectivity index (χ2n) is 6.22. The Hall–Kier alpha value is -2.22. The minimum Gasteiger partial charge on any atom is -0.389 e. The number of nitrogens with zero attached hydrogens (tertiary/aromatic N) is 1. The Morgan fingerprint density at radius 2 is 1.58 bits per heavy atom. The van der Waals surface area contributed by atoms with Crippen LogP contribution in [0.3, 0.4) is 0 Å². The first-order valence-corrected chi connectivity index (χ1v) is 10.1. The molecule has 0 heterocycles. The van der Waals surface area contributed by atoms with Gasteiger partial charge >= 0.3 is 0 Å². The van der Waals surface area contributed by atoms with Crippen LogP contribution in [0.2, 0.25) is 0 Å². The average molecular weight is 376 g/mol. The van der Waals surface area contributed by atoms with Crippen molar-refractivity contribution >= 4 is 15.9 Å². The summed E-state index contributed by atoms with van der Waals surface area (Å²) in [6.07, 6.45) is 0.623. The number of carbonyl (C=O) groups is 1. The number of nitrogens with one attached hydrogen (secondary N) is 1. The summed E-state index contributed by atoms with van der Waals surface area (Å²) in [7, 11) is -1.77. The molecular formula is C19H24N2O4S. The van der Waals surface area contributed by atoms with E-state index in [1.54, 1.807) is 19.1 Å². The van der Waals surface area contributed by atoms with Crippen LogP contribution < -0.4 is 5.32 Å². The van der Waals surface area contributed by atoms with Gasteiger partial charge in [0.1, 0.15) is 0 Å². The molecule has 1 atom stereocenters. The van der Waals surface area contributed by atoms with Crippen LogP contribution in [0, 0.1) is 0 Å². The molecule has 2 N–H and O–H groups in total. The molecular weight excluding hydrogens is 352 g/mol. The summed E-state index contributed by atoms with van der Waals surface area (Å²) in [6, 6.07) is 14.8. The molecule has 0 spiro atoms. The van der Waals surface area contributed by atoms with Crippen molar-refractivity contribution in [3.63, 3.8) is 0 Å². The lowest BCUT2D eigenvalue weighted by atomic mass is 10.0. The van der Waals surface area contributed by atoms with Gasteiger partial charge in [0.2, 0.25) is 10.0 Å². The van der Waals surface area contributed by atoms with Gasteiger partial charge in [-0.2, -0.15) is 0 Å². The normalized spacial score (nSPS) is 12.8. The Morgan fingerprint density at radius 1 is 1.08 bits per heavy atom. The van der Waals surface area contributed by atoms with Crippen LogP contribution in [0.25, 0.3) is 11.1 Å². The molecule has 0 unspecified atom stereocenters. The minimum atomic E-state index is -3.24. The molecule has 2 aromatic carbocycles. The molecule has 0 radical (unpaired) electrons. The number of benzene rings is 2. The molecule has 0 saturated heterocycles. The van der Waals surface area contributed by atoms with Crippen LogP contribution in [0.1, 0.15) is 28.9 Å². The summed E-state index contributed by atoms with van der Waals surface area (Å²) < 4.78 is 23.8. The zero-order chi connectivity index (χ0) is 19.3. The third kappa shape index (κ3) is 5.39. The van der Waals surface area contributed by atoms with Crippen molar-refractivity contribution in [2.75, 3.05) is 26.4 Å². The highest BCUT2D eigenvalue weighted by Gasteiger charge is 2.11. The maximum absolute atomic E-state index is 12.1. The summed E-state index contributed by atoms with van der Waals surface area (Å²) in [6.45, 7) is 2.18. The first-order chi connectivity index (χ1) is 12.2. The zero-order valence-electron chi connectivity index (χ0n) is 15.1. The molecule has 0 saturated carbocycles. The zero-order valence-corrected chi connectivity index (χ0v) is 16.0. The third-order valence-corrected chi connectivity index (χ3v) is 5.47. The van der Waals surface area contributed by atoms with E-state index in [1.165, 1.54) is 11.4 Å². The predicted molar refractivity (Wildman–Crippen MR) is 102 cm³/mol. The monoisotopic (exact) mass is 376 g/mol. The van der Waals surface area contributed by atoms with Crippen LogP contribution >= 0.6 is 0 Å². The summed E-state index contributed by atoms with van der Waals surface area (Å²) in [4.78, 5) is 12.1. The van der Waals surface area contributed by atoms with E-state index in [0.29, 0.717) is 5.56 Å². The van der Waals surface area contributed by atoms with E-state index in [0.717, 1.165) is 22.9 Å². The van der Waals surface area contributed by atoms with Gasteiger partial charge in [-0.1, -0.05) is 36.4 Å². The van der Waals surface area contributed by atoms with Gasteiger partial charge in [-0.15, -0.1) is 0 Å². The number of rotatable bonds is 7. The van der Waals surface area contributed by atoms with E-state index in [2.05, 4.69) is 5.32 Å². The minimum absolute atomic E-state index is 0.221. The number of likely N-dealkylation sites (N-methyl/N-ethyl adjacent to an activating group) is 1. The van der Waals surface area contributed by atoms with E-state index in [1.807, 2.05) is 36.4 Å². The second kappa shape index (κ2) is 8.44. The van der Waals surface area contributed by atoms with Crippen molar-refractivity contribution in [1.29, 1.82) is 0 Å². The van der Waals surface area contributed by atoms with E-state index in [9.17, 15) is 18.3 Å². The highest BCUT2D eigenvalue weighted by atomic mass is 32.2. The smallest absolute Gasteiger partial charge is 0.251 e. The Kier molecular flexibility index (Phi) is 6.52. The number of aliphatic hydroxyl groups excluding tert-OH is 1. The van der Waals surface area contributed by atoms with Gasteiger partial charge < -0.3 is 10.4 Å². The van der Waals surface area contributed by atoms with Gasteiger partial charge in [-0.3, -0.25) is 4.79 Å². The van der Waals surface area contributed by atoms with Crippen LogP contribution in [0.5, 0.6) is 0 Å². The van der Waals surface area contributed by atoms with Crippen molar-refractivity contribution in [2.24, 2.45) is 0 Å². The van der Waals surface area contributed by atoms with E-state index >= 15 is 0 Å². The Labute approximate surface area is 154 Å². The summed E-state index contributed by atoms with van der Waals surface area (Å²) in [5, 5.41) is 12.3. The molecule has 26 heavy (non-hydrogen) atoms. The van der Waals surface area contributed by atoms with Crippen molar-refractivity contribution in [1.82, 2.24) is 9.62 Å². The van der Waals surface area contributed by atoms with E-state index < -0.39 is 16.1 Å². The van der Waals surface area contributed by atoms with Gasteiger partial charge in [-0.25, -0.2) is 12.7 Å². The standard InChI is InChI=1S/C19H24N2O4S/c1-14(22)15-4-6-16(7-5-15)17-8-10-18(11-9-17)19(23)20-12-13-21(2)26(3,24)25/h4-11,14,22H,12-13H2,1-3H3,(H,20,23)/t14-/m0/s1. The number of carbonyl (C=O) groups excluding carboxylic acids is 1. The lowest BCUT2D eigenvalue weighted by Crippen LogP contribution is -2.35. The van der Waals surface area contributed by atoms with Gasteiger partial charge in [0.05, 0.1) is 12.4 Å². The molecule has 1 amide bonds. The number of sulfonamides is 1. The maximum atomic E-state index is 12.1. The Bertz CT molecular complexity index is 844. The fraction of sp³-hybridized carbons (Fsp3) is 0.316. The number of aliphatic hydroxyl groups is 1. The molecule has 0 bridgehead atoms. The molecule has 2 aromatic rings. The highest BCUT2D eigenvalue weighted by Crippen LogP contribution is 2.22. The van der Waals surface area contributed by atoms with Gasteiger partial charge in [0.15, 0.2) is 0 Å². The first-order valence-electron chi connectivity index (χ1n) is 8.26. The van der Waals surface area contributed by atoms with Crippen molar-refractivity contribution in [2.45, 2.75) is 13.0 Å². The van der Waals surface area contributed by atoms with Crippen molar-refractivity contribution in [3.8, 4) is 11.1 Å². The first kappa shape index (κ1) is 20.1. The lowest BCUT2D eigenvalue weighted by molar-refractivity contribution is 0.0952. The second-order valence-corrected chi connectivity index (χ2v) is 8.31. The molecule has 0 aromatic heterocycles. The largest absolute Gasteiger partial charge is 0.389 e. The Balaban J connectivity index is 1.97. The molecule has 140 valence electrons. The van der Waals surface area contributed by atoms with E-state index in [4.69, 9.17) is 0 Å². The number of amides is 1. The summed E-state index contributed by atoms with van der Waals surface area (Å²) >= 11 is 0. The lowest BCUT2D eigenvalue weighted by Gasteiger charge is -2.14.